The van der Waals surface area contributed by atoms with Crippen molar-refractivity contribution in [1.82, 2.24) is 14.8 Å². The quantitative estimate of drug-likeness (QED) is 0.774. The number of primary amides is 1. The number of carbonyl (C=O) groups is 1. The van der Waals surface area contributed by atoms with Crippen LogP contribution in [0.5, 0.6) is 0 Å². The predicted octanol–water partition coefficient (Wildman–Crippen LogP) is 0.581. The molecule has 0 atom stereocenters. The molecule has 0 saturated heterocycles. The average Bonchev–Trinajstić information content (AvgIpc) is 2.65. The van der Waals surface area contributed by atoms with Crippen molar-refractivity contribution in [3.63, 3.8) is 0 Å². The Morgan fingerprint density at radius 1 is 1.47 bits per heavy atom. The molecule has 15 heavy (non-hydrogen) atoms. The van der Waals surface area contributed by atoms with Crippen LogP contribution in [0.4, 0.5) is 0 Å². The molecule has 0 fully saturated rings. The second kappa shape index (κ2) is 3.53. The van der Waals surface area contributed by atoms with E-state index in [9.17, 15) is 4.79 Å². The van der Waals surface area contributed by atoms with Gasteiger partial charge in [-0.3, -0.25) is 14.5 Å². The van der Waals surface area contributed by atoms with Crippen LogP contribution in [0.15, 0.2) is 30.6 Å². The lowest BCUT2D eigenvalue weighted by atomic mass is 10.1. The minimum Gasteiger partial charge on any atom is -0.364 e. The van der Waals surface area contributed by atoms with Crippen molar-refractivity contribution in [3.8, 4) is 11.3 Å². The fourth-order valence-electron chi connectivity index (χ4n) is 1.37. The number of aromatic nitrogens is 3. The number of rotatable bonds is 2. The largest absolute Gasteiger partial charge is 0.364 e. The highest BCUT2D eigenvalue weighted by molar-refractivity contribution is 5.97. The molecule has 0 spiro atoms. The summed E-state index contributed by atoms with van der Waals surface area (Å²) in [7, 11) is 1.81. The zero-order valence-corrected chi connectivity index (χ0v) is 8.21. The maximum Gasteiger partial charge on any atom is 0.268 e. The highest BCUT2D eigenvalue weighted by atomic mass is 16.1. The Labute approximate surface area is 86.5 Å². The first kappa shape index (κ1) is 9.39. The molecule has 0 aromatic carbocycles. The van der Waals surface area contributed by atoms with Crippen LogP contribution in [-0.4, -0.2) is 20.7 Å². The lowest BCUT2D eigenvalue weighted by Gasteiger charge is -2.01. The van der Waals surface area contributed by atoms with Gasteiger partial charge in [-0.05, 0) is 18.2 Å². The second-order valence-electron chi connectivity index (χ2n) is 3.14. The van der Waals surface area contributed by atoms with E-state index in [1.165, 1.54) is 6.20 Å². The number of nitrogens with zero attached hydrogens (tertiary/aromatic N) is 3. The minimum atomic E-state index is -0.545. The SMILES string of the molecule is Cn1ccc(-c2cccnc2C(N)=O)n1. The van der Waals surface area contributed by atoms with E-state index in [1.807, 2.05) is 13.1 Å². The Morgan fingerprint density at radius 2 is 2.27 bits per heavy atom. The van der Waals surface area contributed by atoms with Crippen molar-refractivity contribution in [2.24, 2.45) is 12.8 Å². The van der Waals surface area contributed by atoms with Crippen molar-refractivity contribution in [2.75, 3.05) is 0 Å². The predicted molar refractivity (Wildman–Crippen MR) is 55.0 cm³/mol. The van der Waals surface area contributed by atoms with Crippen LogP contribution in [0, 0.1) is 0 Å². The first-order valence-electron chi connectivity index (χ1n) is 4.43. The third-order valence-electron chi connectivity index (χ3n) is 2.03. The number of pyridine rings is 1. The molecule has 76 valence electrons. The zero-order valence-electron chi connectivity index (χ0n) is 8.21. The molecular formula is C10H10N4O. The molecule has 0 bridgehead atoms. The van der Waals surface area contributed by atoms with Crippen molar-refractivity contribution in [1.29, 1.82) is 0 Å². The number of hydrogen-bond donors (Lipinski definition) is 1. The molecule has 2 aromatic rings. The Hall–Kier alpha value is -2.17. The van der Waals surface area contributed by atoms with Crippen LogP contribution >= 0.6 is 0 Å². The third kappa shape index (κ3) is 1.71. The van der Waals surface area contributed by atoms with Crippen LogP contribution < -0.4 is 5.73 Å². The van der Waals surface area contributed by atoms with Gasteiger partial charge in [-0.15, -0.1) is 0 Å². The van der Waals surface area contributed by atoms with Gasteiger partial charge < -0.3 is 5.73 Å². The van der Waals surface area contributed by atoms with E-state index in [0.717, 1.165) is 0 Å². The van der Waals surface area contributed by atoms with Gasteiger partial charge in [-0.2, -0.15) is 5.10 Å². The summed E-state index contributed by atoms with van der Waals surface area (Å²) in [4.78, 5) is 15.1. The fourth-order valence-corrected chi connectivity index (χ4v) is 1.37. The average molecular weight is 202 g/mol. The summed E-state index contributed by atoms with van der Waals surface area (Å²) >= 11 is 0. The van der Waals surface area contributed by atoms with Crippen LogP contribution in [0.25, 0.3) is 11.3 Å². The lowest BCUT2D eigenvalue weighted by molar-refractivity contribution is 0.0996. The molecule has 2 heterocycles. The summed E-state index contributed by atoms with van der Waals surface area (Å²) in [5.74, 6) is -0.545. The first-order valence-corrected chi connectivity index (χ1v) is 4.43. The number of nitrogens with two attached hydrogens (primary N) is 1. The lowest BCUT2D eigenvalue weighted by Crippen LogP contribution is -2.14. The highest BCUT2D eigenvalue weighted by Crippen LogP contribution is 2.19. The molecule has 0 aliphatic carbocycles. The molecule has 2 N–H and O–H groups in total. The summed E-state index contributed by atoms with van der Waals surface area (Å²) in [6.07, 6.45) is 3.33. The van der Waals surface area contributed by atoms with Gasteiger partial charge in [0, 0.05) is 25.0 Å². The van der Waals surface area contributed by atoms with Crippen molar-refractivity contribution in [2.45, 2.75) is 0 Å². The minimum absolute atomic E-state index is 0.246. The molecular weight excluding hydrogens is 192 g/mol. The molecule has 2 aromatic heterocycles. The van der Waals surface area contributed by atoms with Crippen LogP contribution in [-0.2, 0) is 7.05 Å². The fraction of sp³-hybridized carbons (Fsp3) is 0.100. The molecule has 5 nitrogen and oxygen atoms in total. The molecule has 2 rings (SSSR count). The maximum atomic E-state index is 11.1. The molecule has 0 unspecified atom stereocenters. The maximum absolute atomic E-state index is 11.1. The number of hydrogen-bond acceptors (Lipinski definition) is 3. The Kier molecular flexibility index (Phi) is 2.21. The van der Waals surface area contributed by atoms with Gasteiger partial charge in [0.25, 0.3) is 5.91 Å². The Balaban J connectivity index is 2.57. The molecule has 0 aliphatic heterocycles. The monoisotopic (exact) mass is 202 g/mol. The van der Waals surface area contributed by atoms with E-state index in [1.54, 1.807) is 23.0 Å². The topological polar surface area (TPSA) is 73.8 Å². The van der Waals surface area contributed by atoms with Gasteiger partial charge >= 0.3 is 0 Å². The van der Waals surface area contributed by atoms with Crippen molar-refractivity contribution in [3.05, 3.63) is 36.3 Å². The number of aryl methyl sites for hydroxylation is 1. The zero-order chi connectivity index (χ0) is 10.8. The number of carbonyl (C=O) groups excluding carboxylic acids is 1. The van der Waals surface area contributed by atoms with E-state index < -0.39 is 5.91 Å². The highest BCUT2D eigenvalue weighted by Gasteiger charge is 2.12. The molecule has 0 saturated carbocycles. The number of amides is 1. The second-order valence-corrected chi connectivity index (χ2v) is 3.14. The van der Waals surface area contributed by atoms with Gasteiger partial charge in [0.15, 0.2) is 0 Å². The van der Waals surface area contributed by atoms with E-state index in [4.69, 9.17) is 5.73 Å². The van der Waals surface area contributed by atoms with Gasteiger partial charge in [-0.1, -0.05) is 0 Å². The Morgan fingerprint density at radius 3 is 2.87 bits per heavy atom. The molecule has 1 amide bonds. The van der Waals surface area contributed by atoms with Crippen molar-refractivity contribution < 1.29 is 4.79 Å². The standard InChI is InChI=1S/C10H10N4O/c1-14-6-4-8(13-14)7-3-2-5-12-9(7)10(11)15/h2-6H,1H3,(H2,11,15). The molecule has 0 radical (unpaired) electrons. The summed E-state index contributed by atoms with van der Waals surface area (Å²) in [6, 6.07) is 5.33. The van der Waals surface area contributed by atoms with Crippen molar-refractivity contribution >= 4 is 5.91 Å². The molecule has 5 heteroatoms. The Bertz CT molecular complexity index is 504. The van der Waals surface area contributed by atoms with Gasteiger partial charge in [-0.25, -0.2) is 0 Å². The van der Waals surface area contributed by atoms with Gasteiger partial charge in [0.05, 0.1) is 5.69 Å². The summed E-state index contributed by atoms with van der Waals surface area (Å²) in [5, 5.41) is 4.19. The first-order chi connectivity index (χ1) is 7.18. The normalized spacial score (nSPS) is 10.2. The van der Waals surface area contributed by atoms with Gasteiger partial charge in [0.1, 0.15) is 5.69 Å². The smallest absolute Gasteiger partial charge is 0.268 e. The van der Waals surface area contributed by atoms with E-state index >= 15 is 0 Å². The van der Waals surface area contributed by atoms with Crippen LogP contribution in [0.3, 0.4) is 0 Å². The summed E-state index contributed by atoms with van der Waals surface area (Å²) in [5.41, 5.74) is 6.82. The van der Waals surface area contributed by atoms with E-state index in [-0.39, 0.29) is 5.69 Å². The van der Waals surface area contributed by atoms with Crippen LogP contribution in [0.1, 0.15) is 10.5 Å². The van der Waals surface area contributed by atoms with E-state index in [0.29, 0.717) is 11.3 Å². The summed E-state index contributed by atoms with van der Waals surface area (Å²) in [6.45, 7) is 0. The van der Waals surface area contributed by atoms with Crippen LogP contribution in [0.2, 0.25) is 0 Å². The van der Waals surface area contributed by atoms with Gasteiger partial charge in [0.2, 0.25) is 0 Å². The summed E-state index contributed by atoms with van der Waals surface area (Å²) < 4.78 is 1.66. The third-order valence-corrected chi connectivity index (χ3v) is 2.03. The molecule has 0 aliphatic rings. The van der Waals surface area contributed by atoms with E-state index in [2.05, 4.69) is 10.1 Å².